The number of benzene rings is 3. The maximum atomic E-state index is 14.0. The summed E-state index contributed by atoms with van der Waals surface area (Å²) in [5.41, 5.74) is 0.589. The molecule has 0 aliphatic carbocycles. The van der Waals surface area contributed by atoms with Gasteiger partial charge >= 0.3 is 0 Å². The van der Waals surface area contributed by atoms with Gasteiger partial charge in [-0.2, -0.15) is 0 Å². The predicted octanol–water partition coefficient (Wildman–Crippen LogP) is 5.02. The van der Waals surface area contributed by atoms with Crippen LogP contribution in [0.15, 0.2) is 65.6 Å². The molecule has 1 N–H and O–H groups in total. The van der Waals surface area contributed by atoms with Crippen molar-refractivity contribution < 1.29 is 27.5 Å². The fourth-order valence-corrected chi connectivity index (χ4v) is 5.96. The van der Waals surface area contributed by atoms with Crippen molar-refractivity contribution in [3.63, 3.8) is 0 Å². The smallest absolute Gasteiger partial charge is 0.264 e. The molecular formula is C27H28Cl3N3O6S. The molecule has 0 saturated heterocycles. The zero-order chi connectivity index (χ0) is 29.6. The van der Waals surface area contributed by atoms with E-state index in [1.54, 1.807) is 18.2 Å². The van der Waals surface area contributed by atoms with Crippen LogP contribution in [0.1, 0.15) is 12.5 Å². The van der Waals surface area contributed by atoms with E-state index < -0.39 is 34.4 Å². The molecular weight excluding hydrogens is 601 g/mol. The lowest BCUT2D eigenvalue weighted by molar-refractivity contribution is -0.139. The van der Waals surface area contributed by atoms with Gasteiger partial charge in [-0.25, -0.2) is 8.42 Å². The van der Waals surface area contributed by atoms with E-state index in [1.807, 2.05) is 0 Å². The molecule has 13 heteroatoms. The minimum Gasteiger partial charge on any atom is -0.493 e. The van der Waals surface area contributed by atoms with Gasteiger partial charge in [0.05, 0.1) is 24.8 Å². The van der Waals surface area contributed by atoms with Crippen LogP contribution in [0.25, 0.3) is 0 Å². The van der Waals surface area contributed by atoms with Crippen LogP contribution in [-0.4, -0.2) is 59.0 Å². The number of hydrogen-bond acceptors (Lipinski definition) is 6. The minimum atomic E-state index is -4.34. The summed E-state index contributed by atoms with van der Waals surface area (Å²) in [5.74, 6) is -0.615. The van der Waals surface area contributed by atoms with Crippen LogP contribution in [0.5, 0.6) is 11.5 Å². The second-order valence-electron chi connectivity index (χ2n) is 8.52. The van der Waals surface area contributed by atoms with Gasteiger partial charge in [0.15, 0.2) is 11.5 Å². The summed E-state index contributed by atoms with van der Waals surface area (Å²) in [6.07, 6.45) is 0. The molecule has 0 aliphatic rings. The Kier molecular flexibility index (Phi) is 10.5. The molecule has 0 fully saturated rings. The second kappa shape index (κ2) is 13.5. The number of nitrogens with one attached hydrogen (secondary N) is 1. The number of likely N-dealkylation sites (N-methyl/N-ethyl adjacent to an activating group) is 1. The van der Waals surface area contributed by atoms with Crippen LogP contribution in [0.2, 0.25) is 15.1 Å². The first kappa shape index (κ1) is 31.3. The van der Waals surface area contributed by atoms with Gasteiger partial charge in [-0.15, -0.1) is 0 Å². The predicted molar refractivity (Wildman–Crippen MR) is 156 cm³/mol. The zero-order valence-corrected chi connectivity index (χ0v) is 25.2. The van der Waals surface area contributed by atoms with Crippen molar-refractivity contribution in [3.05, 3.63) is 81.3 Å². The van der Waals surface area contributed by atoms with Crippen molar-refractivity contribution in [1.29, 1.82) is 0 Å². The molecule has 3 rings (SSSR count). The fourth-order valence-electron chi connectivity index (χ4n) is 3.89. The van der Waals surface area contributed by atoms with Crippen molar-refractivity contribution in [3.8, 4) is 11.5 Å². The average molecular weight is 629 g/mol. The Morgan fingerprint density at radius 3 is 2.08 bits per heavy atom. The van der Waals surface area contributed by atoms with E-state index in [0.717, 1.165) is 4.31 Å². The van der Waals surface area contributed by atoms with Crippen LogP contribution in [0, 0.1) is 0 Å². The monoisotopic (exact) mass is 627 g/mol. The van der Waals surface area contributed by atoms with Crippen LogP contribution in [0.4, 0.5) is 5.69 Å². The summed E-state index contributed by atoms with van der Waals surface area (Å²) in [7, 11) is -0.0930. The number of sulfonamides is 1. The number of ether oxygens (including phenoxy) is 2. The lowest BCUT2D eigenvalue weighted by Gasteiger charge is -2.32. The average Bonchev–Trinajstić information content (AvgIpc) is 2.94. The van der Waals surface area contributed by atoms with Crippen molar-refractivity contribution in [2.45, 2.75) is 24.4 Å². The number of anilines is 1. The van der Waals surface area contributed by atoms with Crippen molar-refractivity contribution in [1.82, 2.24) is 10.2 Å². The van der Waals surface area contributed by atoms with Crippen LogP contribution in [0.3, 0.4) is 0 Å². The normalized spacial score (nSPS) is 11.9. The maximum Gasteiger partial charge on any atom is 0.264 e. The Balaban J connectivity index is 2.10. The number of amides is 2. The number of carbonyl (C=O) groups excluding carboxylic acids is 2. The molecule has 0 radical (unpaired) electrons. The Bertz CT molecular complexity index is 1470. The van der Waals surface area contributed by atoms with Crippen LogP contribution in [-0.2, 0) is 26.2 Å². The minimum absolute atomic E-state index is 0.142. The summed E-state index contributed by atoms with van der Waals surface area (Å²) in [5, 5.41) is 3.48. The molecule has 3 aromatic carbocycles. The van der Waals surface area contributed by atoms with E-state index in [2.05, 4.69) is 5.32 Å². The largest absolute Gasteiger partial charge is 0.493 e. The molecule has 214 valence electrons. The fraction of sp³-hybridized carbons (Fsp3) is 0.259. The molecule has 3 aromatic rings. The highest BCUT2D eigenvalue weighted by Crippen LogP contribution is 2.33. The molecule has 0 unspecified atom stereocenters. The van der Waals surface area contributed by atoms with Gasteiger partial charge in [0, 0.05) is 40.3 Å². The molecule has 40 heavy (non-hydrogen) atoms. The highest BCUT2D eigenvalue weighted by molar-refractivity contribution is 7.92. The Labute approximate surface area is 248 Å². The number of halogens is 3. The summed E-state index contributed by atoms with van der Waals surface area (Å²) in [6.45, 7) is 0.732. The van der Waals surface area contributed by atoms with Gasteiger partial charge in [-0.05, 0) is 55.5 Å². The van der Waals surface area contributed by atoms with Gasteiger partial charge in [-0.3, -0.25) is 13.9 Å². The molecule has 9 nitrogen and oxygen atoms in total. The lowest BCUT2D eigenvalue weighted by Crippen LogP contribution is -2.50. The summed E-state index contributed by atoms with van der Waals surface area (Å²) in [6, 6.07) is 14.0. The number of methoxy groups -OCH3 is 2. The van der Waals surface area contributed by atoms with Crippen LogP contribution < -0.4 is 19.1 Å². The number of hydrogen-bond donors (Lipinski definition) is 1. The van der Waals surface area contributed by atoms with Gasteiger partial charge in [-0.1, -0.05) is 40.9 Å². The summed E-state index contributed by atoms with van der Waals surface area (Å²) in [4.78, 5) is 27.6. The zero-order valence-electron chi connectivity index (χ0n) is 22.2. The van der Waals surface area contributed by atoms with Gasteiger partial charge < -0.3 is 19.7 Å². The molecule has 2 amide bonds. The Hall–Kier alpha value is -3.18. The second-order valence-corrected chi connectivity index (χ2v) is 11.6. The topological polar surface area (TPSA) is 105 Å². The van der Waals surface area contributed by atoms with E-state index in [1.165, 1.54) is 75.6 Å². The van der Waals surface area contributed by atoms with Crippen molar-refractivity contribution >= 4 is 62.3 Å². The quantitative estimate of drug-likeness (QED) is 0.320. The molecule has 1 atom stereocenters. The number of carbonyl (C=O) groups is 2. The van der Waals surface area contributed by atoms with E-state index >= 15 is 0 Å². The van der Waals surface area contributed by atoms with E-state index in [9.17, 15) is 18.0 Å². The van der Waals surface area contributed by atoms with Gasteiger partial charge in [0.1, 0.15) is 12.6 Å². The number of nitrogens with zero attached hydrogens (tertiary/aromatic N) is 2. The highest BCUT2D eigenvalue weighted by atomic mass is 35.5. The van der Waals surface area contributed by atoms with Gasteiger partial charge in [0.2, 0.25) is 11.8 Å². The van der Waals surface area contributed by atoms with E-state index in [0.29, 0.717) is 26.4 Å². The Morgan fingerprint density at radius 1 is 0.925 bits per heavy atom. The van der Waals surface area contributed by atoms with Crippen LogP contribution >= 0.6 is 34.8 Å². The first-order valence-corrected chi connectivity index (χ1v) is 14.5. The highest BCUT2D eigenvalue weighted by Gasteiger charge is 2.33. The first-order chi connectivity index (χ1) is 18.9. The maximum absolute atomic E-state index is 14.0. The lowest BCUT2D eigenvalue weighted by atomic mass is 10.1. The molecule has 0 bridgehead atoms. The molecule has 0 spiro atoms. The Morgan fingerprint density at radius 2 is 1.52 bits per heavy atom. The third kappa shape index (κ3) is 6.93. The molecule has 0 aromatic heterocycles. The first-order valence-electron chi connectivity index (χ1n) is 11.9. The number of rotatable bonds is 11. The standard InChI is InChI=1S/C27H28Cl3N3O6S/c1-17(27(35)31-2)32(15-21-22(29)6-5-7-23(21)30)26(34)16-33(19-10-8-18(28)9-11-19)40(36,37)20-12-13-24(38-3)25(14-20)39-4/h5-14,17H,15-16H2,1-4H3,(H,31,35)/t17-/m1/s1. The third-order valence-corrected chi connectivity index (χ3v) is 8.87. The summed E-state index contributed by atoms with van der Waals surface area (Å²) >= 11 is 18.8. The molecule has 0 saturated carbocycles. The molecule has 0 aliphatic heterocycles. The van der Waals surface area contributed by atoms with Crippen molar-refractivity contribution in [2.24, 2.45) is 0 Å². The molecule has 0 heterocycles. The SMILES string of the molecule is CNC(=O)[C@@H](C)N(Cc1c(Cl)cccc1Cl)C(=O)CN(c1ccc(Cl)cc1)S(=O)(=O)c1ccc(OC)c(OC)c1. The van der Waals surface area contributed by atoms with Crippen molar-refractivity contribution in [2.75, 3.05) is 32.1 Å². The van der Waals surface area contributed by atoms with E-state index in [4.69, 9.17) is 44.3 Å². The van der Waals surface area contributed by atoms with E-state index in [-0.39, 0.29) is 22.9 Å². The summed E-state index contributed by atoms with van der Waals surface area (Å²) < 4.78 is 39.4. The van der Waals surface area contributed by atoms with Gasteiger partial charge in [0.25, 0.3) is 10.0 Å². The third-order valence-electron chi connectivity index (χ3n) is 6.14.